The van der Waals surface area contributed by atoms with Crippen molar-refractivity contribution < 1.29 is 19.4 Å². The van der Waals surface area contributed by atoms with Crippen molar-refractivity contribution in [3.8, 4) is 5.75 Å². The maximum Gasteiger partial charge on any atom is 0.266 e. The van der Waals surface area contributed by atoms with Crippen molar-refractivity contribution in [1.82, 2.24) is 4.90 Å². The number of carboxylic acids is 1. The first kappa shape index (κ1) is 18.4. The van der Waals surface area contributed by atoms with Gasteiger partial charge in [-0.15, -0.1) is 0 Å². The highest BCUT2D eigenvalue weighted by Crippen LogP contribution is 2.37. The van der Waals surface area contributed by atoms with E-state index in [2.05, 4.69) is 0 Å². The van der Waals surface area contributed by atoms with E-state index in [4.69, 9.17) is 17.0 Å². The molecule has 7 heteroatoms. The minimum atomic E-state index is -1.21. The Morgan fingerprint density at radius 1 is 1.31 bits per heavy atom. The van der Waals surface area contributed by atoms with Gasteiger partial charge in [-0.25, -0.2) is 0 Å². The number of hydrogen-bond acceptors (Lipinski definition) is 6. The number of carbonyl (C=O) groups excluding carboxylic acids is 2. The molecule has 0 bridgehead atoms. The van der Waals surface area contributed by atoms with Crippen LogP contribution in [0, 0.1) is 0 Å². The lowest BCUT2D eigenvalue weighted by Gasteiger charge is -2.14. The minimum Gasteiger partial charge on any atom is -0.550 e. The van der Waals surface area contributed by atoms with Gasteiger partial charge in [0.15, 0.2) is 0 Å². The third-order valence-corrected chi connectivity index (χ3v) is 5.30. The van der Waals surface area contributed by atoms with Crippen LogP contribution in [-0.2, 0) is 9.59 Å². The highest BCUT2D eigenvalue weighted by Gasteiger charge is 2.32. The van der Waals surface area contributed by atoms with Crippen LogP contribution >= 0.6 is 24.0 Å². The first-order valence-corrected chi connectivity index (χ1v) is 9.33. The topological polar surface area (TPSA) is 69.7 Å². The summed E-state index contributed by atoms with van der Waals surface area (Å²) < 4.78 is 6.07. The van der Waals surface area contributed by atoms with E-state index in [0.717, 1.165) is 28.1 Å². The lowest BCUT2D eigenvalue weighted by molar-refractivity contribution is -0.305. The molecule has 1 amide bonds. The maximum atomic E-state index is 12.6. The highest BCUT2D eigenvalue weighted by atomic mass is 32.2. The molecule has 3 rings (SSSR count). The van der Waals surface area contributed by atoms with Crippen LogP contribution in [0.1, 0.15) is 18.9 Å². The minimum absolute atomic E-state index is 0.0121. The van der Waals surface area contributed by atoms with Gasteiger partial charge in [0, 0.05) is 24.5 Å². The monoisotopic (exact) mass is 386 g/mol. The summed E-state index contributed by atoms with van der Waals surface area (Å²) in [7, 11) is 0. The Morgan fingerprint density at radius 3 is 2.81 bits per heavy atom. The SMILES string of the molecule is CCOc1ccc2ccccc2c1/C=C1\SC(=S)N(CCC(=O)[O-])C1=O. The Hall–Kier alpha value is -2.38. The van der Waals surface area contributed by atoms with E-state index in [1.54, 1.807) is 6.08 Å². The fraction of sp³-hybridized carbons (Fsp3) is 0.211. The lowest BCUT2D eigenvalue weighted by atomic mass is 10.0. The average Bonchev–Trinajstić information content (AvgIpc) is 2.88. The van der Waals surface area contributed by atoms with Gasteiger partial charge in [-0.3, -0.25) is 9.69 Å². The third-order valence-electron chi connectivity index (χ3n) is 3.92. The number of thiocarbonyl (C=S) groups is 1. The molecule has 5 nitrogen and oxygen atoms in total. The number of aliphatic carboxylic acids is 1. The van der Waals surface area contributed by atoms with Crippen molar-refractivity contribution in [3.05, 3.63) is 46.9 Å². The number of carbonyl (C=O) groups is 2. The molecule has 0 saturated carbocycles. The maximum absolute atomic E-state index is 12.6. The molecule has 0 aromatic heterocycles. The molecule has 134 valence electrons. The van der Waals surface area contributed by atoms with Crippen molar-refractivity contribution in [2.75, 3.05) is 13.2 Å². The predicted molar refractivity (Wildman–Crippen MR) is 105 cm³/mol. The molecule has 0 N–H and O–H groups in total. The van der Waals surface area contributed by atoms with Crippen molar-refractivity contribution in [1.29, 1.82) is 0 Å². The van der Waals surface area contributed by atoms with E-state index in [1.807, 2.05) is 43.3 Å². The molecule has 1 fully saturated rings. The molecule has 1 heterocycles. The van der Waals surface area contributed by atoms with Crippen LogP contribution in [0.5, 0.6) is 5.75 Å². The number of rotatable bonds is 6. The van der Waals surface area contributed by atoms with Crippen molar-refractivity contribution in [2.24, 2.45) is 0 Å². The van der Waals surface area contributed by atoms with E-state index in [-0.39, 0.29) is 18.9 Å². The Kier molecular flexibility index (Phi) is 5.58. The first-order valence-electron chi connectivity index (χ1n) is 8.11. The highest BCUT2D eigenvalue weighted by molar-refractivity contribution is 8.26. The number of fused-ring (bicyclic) bond motifs is 1. The predicted octanol–water partition coefficient (Wildman–Crippen LogP) is 2.58. The molecule has 0 aliphatic carbocycles. The quantitative estimate of drug-likeness (QED) is 0.561. The number of carboxylic acid groups (broad SMARTS) is 1. The summed E-state index contributed by atoms with van der Waals surface area (Å²) in [5.74, 6) is -0.821. The summed E-state index contributed by atoms with van der Waals surface area (Å²) in [6, 6.07) is 11.7. The average molecular weight is 386 g/mol. The first-order chi connectivity index (χ1) is 12.5. The summed E-state index contributed by atoms with van der Waals surface area (Å²) >= 11 is 6.39. The largest absolute Gasteiger partial charge is 0.550 e. The summed E-state index contributed by atoms with van der Waals surface area (Å²) in [5.41, 5.74) is 0.811. The molecular weight excluding hydrogens is 370 g/mol. The van der Waals surface area contributed by atoms with Crippen LogP contribution in [0.4, 0.5) is 0 Å². The van der Waals surface area contributed by atoms with Gasteiger partial charge in [-0.2, -0.15) is 0 Å². The molecule has 2 aromatic rings. The van der Waals surface area contributed by atoms with Crippen LogP contribution in [0.15, 0.2) is 41.3 Å². The second-order valence-electron chi connectivity index (χ2n) is 5.59. The molecule has 0 atom stereocenters. The number of nitrogens with zero attached hydrogens (tertiary/aromatic N) is 1. The number of thioether (sulfide) groups is 1. The molecule has 0 unspecified atom stereocenters. The van der Waals surface area contributed by atoms with E-state index in [0.29, 0.717) is 21.6 Å². The molecule has 0 radical (unpaired) electrons. The van der Waals surface area contributed by atoms with Gasteiger partial charge in [0.05, 0.1) is 11.5 Å². The van der Waals surface area contributed by atoms with E-state index in [1.165, 1.54) is 4.90 Å². The van der Waals surface area contributed by atoms with Crippen LogP contribution in [0.2, 0.25) is 0 Å². The van der Waals surface area contributed by atoms with Gasteiger partial charge in [0.25, 0.3) is 5.91 Å². The number of amides is 1. The molecule has 1 saturated heterocycles. The van der Waals surface area contributed by atoms with Gasteiger partial charge in [-0.1, -0.05) is 54.3 Å². The summed E-state index contributed by atoms with van der Waals surface area (Å²) in [4.78, 5) is 25.1. The van der Waals surface area contributed by atoms with Gasteiger partial charge in [0.2, 0.25) is 0 Å². The van der Waals surface area contributed by atoms with Crippen LogP contribution < -0.4 is 9.84 Å². The Morgan fingerprint density at radius 2 is 2.08 bits per heavy atom. The Balaban J connectivity index is 2.01. The van der Waals surface area contributed by atoms with Crippen molar-refractivity contribution >= 4 is 57.0 Å². The second kappa shape index (κ2) is 7.88. The Bertz CT molecular complexity index is 923. The van der Waals surface area contributed by atoms with E-state index >= 15 is 0 Å². The van der Waals surface area contributed by atoms with E-state index < -0.39 is 5.97 Å². The molecular formula is C19H16NO4S2-. The molecule has 0 spiro atoms. The van der Waals surface area contributed by atoms with Gasteiger partial charge >= 0.3 is 0 Å². The summed E-state index contributed by atoms with van der Waals surface area (Å²) in [6.45, 7) is 2.42. The smallest absolute Gasteiger partial charge is 0.266 e. The molecule has 1 aliphatic rings. The zero-order valence-corrected chi connectivity index (χ0v) is 15.7. The fourth-order valence-electron chi connectivity index (χ4n) is 2.73. The number of hydrogen-bond donors (Lipinski definition) is 0. The zero-order valence-electron chi connectivity index (χ0n) is 14.1. The second-order valence-corrected chi connectivity index (χ2v) is 7.26. The summed E-state index contributed by atoms with van der Waals surface area (Å²) in [6.07, 6.45) is 1.52. The van der Waals surface area contributed by atoms with Gasteiger partial charge < -0.3 is 14.6 Å². The Labute approximate surface area is 160 Å². The van der Waals surface area contributed by atoms with Gasteiger partial charge in [-0.05, 0) is 29.8 Å². The fourth-order valence-corrected chi connectivity index (χ4v) is 4.02. The number of ether oxygens (including phenoxy) is 1. The number of benzene rings is 2. The lowest BCUT2D eigenvalue weighted by Crippen LogP contribution is -2.33. The normalized spacial score (nSPS) is 15.9. The standard InChI is InChI=1S/C19H17NO4S2/c1-2-24-15-8-7-12-5-3-4-6-13(12)14(15)11-16-18(23)20(19(25)26-16)10-9-17(21)22/h3-8,11H,2,9-10H2,1H3,(H,21,22)/p-1/b16-11-. The van der Waals surface area contributed by atoms with Crippen LogP contribution in [0.25, 0.3) is 16.8 Å². The molecule has 26 heavy (non-hydrogen) atoms. The zero-order chi connectivity index (χ0) is 18.7. The van der Waals surface area contributed by atoms with Crippen molar-refractivity contribution in [2.45, 2.75) is 13.3 Å². The van der Waals surface area contributed by atoms with Crippen LogP contribution in [-0.4, -0.2) is 34.2 Å². The molecule has 2 aromatic carbocycles. The van der Waals surface area contributed by atoms with Gasteiger partial charge in [0.1, 0.15) is 10.1 Å². The van der Waals surface area contributed by atoms with Crippen molar-refractivity contribution in [3.63, 3.8) is 0 Å². The van der Waals surface area contributed by atoms with E-state index in [9.17, 15) is 14.7 Å². The van der Waals surface area contributed by atoms with Crippen LogP contribution in [0.3, 0.4) is 0 Å². The summed E-state index contributed by atoms with van der Waals surface area (Å²) in [5, 5.41) is 12.7. The molecule has 1 aliphatic heterocycles. The third kappa shape index (κ3) is 3.73.